The first-order valence-corrected chi connectivity index (χ1v) is 12.9. The Labute approximate surface area is 208 Å². The van der Waals surface area contributed by atoms with Gasteiger partial charge < -0.3 is 10.6 Å². The predicted octanol–water partition coefficient (Wildman–Crippen LogP) is 5.22. The van der Waals surface area contributed by atoms with Crippen LogP contribution in [0, 0.1) is 12.7 Å². The molecule has 3 aromatic carbocycles. The van der Waals surface area contributed by atoms with Gasteiger partial charge in [0.05, 0.1) is 17.0 Å². The van der Waals surface area contributed by atoms with Crippen molar-refractivity contribution in [3.8, 4) is 0 Å². The van der Waals surface area contributed by atoms with Crippen molar-refractivity contribution in [2.45, 2.75) is 19.8 Å². The fourth-order valence-corrected chi connectivity index (χ4v) is 5.60. The van der Waals surface area contributed by atoms with E-state index in [4.69, 9.17) is 11.6 Å². The minimum absolute atomic E-state index is 0.0143. The van der Waals surface area contributed by atoms with Crippen LogP contribution in [0.15, 0.2) is 60.7 Å². The Balaban J connectivity index is 1.50. The molecule has 182 valence electrons. The summed E-state index contributed by atoms with van der Waals surface area (Å²) in [6.07, 6.45) is 1.26. The van der Waals surface area contributed by atoms with Gasteiger partial charge in [-0.25, -0.2) is 12.8 Å². The average molecular weight is 516 g/mol. The number of hydrogen-bond acceptors (Lipinski definition) is 4. The van der Waals surface area contributed by atoms with E-state index in [0.717, 1.165) is 11.6 Å². The Morgan fingerprint density at radius 2 is 1.77 bits per heavy atom. The maximum Gasteiger partial charge on any atom is 0.258 e. The fraction of sp³-hybridized carbons (Fsp3) is 0.200. The molecule has 0 unspecified atom stereocenters. The van der Waals surface area contributed by atoms with Gasteiger partial charge in [0.1, 0.15) is 5.82 Å². The number of carbonyl (C=O) groups excluding carboxylic acids is 2. The van der Waals surface area contributed by atoms with Crippen LogP contribution in [-0.4, -0.2) is 32.5 Å². The van der Waals surface area contributed by atoms with Gasteiger partial charge in [-0.2, -0.15) is 0 Å². The lowest BCUT2D eigenvalue weighted by Crippen LogP contribution is -2.37. The molecule has 2 N–H and O–H groups in total. The first kappa shape index (κ1) is 24.7. The summed E-state index contributed by atoms with van der Waals surface area (Å²) in [4.78, 5) is 25.3. The molecule has 4 rings (SSSR count). The number of amides is 2. The van der Waals surface area contributed by atoms with Crippen LogP contribution in [0.5, 0.6) is 0 Å². The zero-order chi connectivity index (χ0) is 25.2. The van der Waals surface area contributed by atoms with Gasteiger partial charge in [0.15, 0.2) is 0 Å². The highest BCUT2D eigenvalue weighted by Gasteiger charge is 2.27. The normalized spacial score (nSPS) is 14.9. The molecule has 0 atom stereocenters. The standard InChI is InChI=1S/C25H23ClFN3O4S/c1-16-7-8-19(14-23(16)29-24(31)17-5-4-6-18(26)13-17)28-25(32)21-10-9-20(15-22(21)27)30-11-2-3-12-35(30,33)34/h4-10,13-15H,2-3,11-12H2,1H3,(H,28,32)(H,29,31). The molecular formula is C25H23ClFN3O4S. The van der Waals surface area contributed by atoms with E-state index in [1.165, 1.54) is 16.4 Å². The molecule has 0 aromatic heterocycles. The number of sulfonamides is 1. The maximum atomic E-state index is 14.8. The van der Waals surface area contributed by atoms with E-state index < -0.39 is 21.7 Å². The molecule has 1 saturated heterocycles. The van der Waals surface area contributed by atoms with Gasteiger partial charge in [0.2, 0.25) is 10.0 Å². The zero-order valence-corrected chi connectivity index (χ0v) is 20.4. The van der Waals surface area contributed by atoms with Gasteiger partial charge in [-0.15, -0.1) is 0 Å². The number of rotatable bonds is 5. The molecule has 0 saturated carbocycles. The third-order valence-corrected chi connectivity index (χ3v) is 7.77. The smallest absolute Gasteiger partial charge is 0.258 e. The molecule has 3 aromatic rings. The molecule has 1 heterocycles. The van der Waals surface area contributed by atoms with Crippen LogP contribution in [-0.2, 0) is 10.0 Å². The second kappa shape index (κ2) is 10.1. The lowest BCUT2D eigenvalue weighted by atomic mass is 10.1. The highest BCUT2D eigenvalue weighted by atomic mass is 35.5. The summed E-state index contributed by atoms with van der Waals surface area (Å²) in [5.74, 6) is -1.89. The first-order chi connectivity index (χ1) is 16.6. The number of halogens is 2. The summed E-state index contributed by atoms with van der Waals surface area (Å²) in [6, 6.07) is 15.2. The molecule has 0 radical (unpaired) electrons. The quantitative estimate of drug-likeness (QED) is 0.487. The van der Waals surface area contributed by atoms with E-state index in [2.05, 4.69) is 10.6 Å². The second-order valence-electron chi connectivity index (χ2n) is 8.21. The number of carbonyl (C=O) groups is 2. The summed E-state index contributed by atoms with van der Waals surface area (Å²) in [5.41, 5.74) is 1.93. The molecule has 0 bridgehead atoms. The van der Waals surface area contributed by atoms with E-state index in [-0.39, 0.29) is 29.5 Å². The van der Waals surface area contributed by atoms with E-state index >= 15 is 0 Å². The molecule has 1 aliphatic heterocycles. The Bertz CT molecular complexity index is 1410. The molecule has 0 aliphatic carbocycles. The lowest BCUT2D eigenvalue weighted by molar-refractivity contribution is 0.101. The van der Waals surface area contributed by atoms with Gasteiger partial charge in [-0.1, -0.05) is 23.7 Å². The van der Waals surface area contributed by atoms with Gasteiger partial charge in [-0.3, -0.25) is 13.9 Å². The van der Waals surface area contributed by atoms with Crippen LogP contribution in [0.2, 0.25) is 5.02 Å². The SMILES string of the molecule is Cc1ccc(NC(=O)c2ccc(N3CCCCS3(=O)=O)cc2F)cc1NC(=O)c1cccc(Cl)c1. The molecule has 10 heteroatoms. The van der Waals surface area contributed by atoms with Crippen molar-refractivity contribution < 1.29 is 22.4 Å². The second-order valence-corrected chi connectivity index (χ2v) is 10.7. The summed E-state index contributed by atoms with van der Waals surface area (Å²) in [6.45, 7) is 2.08. The summed E-state index contributed by atoms with van der Waals surface area (Å²) in [7, 11) is -3.49. The number of hydrogen-bond donors (Lipinski definition) is 2. The van der Waals surface area contributed by atoms with Crippen molar-refractivity contribution in [1.29, 1.82) is 0 Å². The van der Waals surface area contributed by atoms with E-state index in [1.54, 1.807) is 49.4 Å². The third kappa shape index (κ3) is 5.63. The van der Waals surface area contributed by atoms with Crippen molar-refractivity contribution in [2.24, 2.45) is 0 Å². The Morgan fingerprint density at radius 3 is 2.49 bits per heavy atom. The van der Waals surface area contributed by atoms with Crippen LogP contribution in [0.25, 0.3) is 0 Å². The molecule has 0 spiro atoms. The number of anilines is 3. The largest absolute Gasteiger partial charge is 0.322 e. The van der Waals surface area contributed by atoms with Crippen molar-refractivity contribution in [2.75, 3.05) is 27.2 Å². The molecule has 7 nitrogen and oxygen atoms in total. The van der Waals surface area contributed by atoms with E-state index in [1.807, 2.05) is 0 Å². The van der Waals surface area contributed by atoms with Crippen LogP contribution in [0.1, 0.15) is 39.1 Å². The van der Waals surface area contributed by atoms with Crippen LogP contribution in [0.4, 0.5) is 21.5 Å². The lowest BCUT2D eigenvalue weighted by Gasteiger charge is -2.28. The number of aryl methyl sites for hydroxylation is 1. The fourth-order valence-electron chi connectivity index (χ4n) is 3.78. The maximum absolute atomic E-state index is 14.8. The van der Waals surface area contributed by atoms with Crippen LogP contribution < -0.4 is 14.9 Å². The zero-order valence-electron chi connectivity index (χ0n) is 18.8. The van der Waals surface area contributed by atoms with Crippen LogP contribution in [0.3, 0.4) is 0 Å². The number of nitrogens with zero attached hydrogens (tertiary/aromatic N) is 1. The Hall–Kier alpha value is -3.43. The van der Waals surface area contributed by atoms with Crippen LogP contribution >= 0.6 is 11.6 Å². The summed E-state index contributed by atoms with van der Waals surface area (Å²) >= 11 is 5.95. The molecule has 2 amide bonds. The Morgan fingerprint density at radius 1 is 0.971 bits per heavy atom. The minimum Gasteiger partial charge on any atom is -0.322 e. The molecule has 35 heavy (non-hydrogen) atoms. The summed E-state index contributed by atoms with van der Waals surface area (Å²) < 4.78 is 40.5. The minimum atomic E-state index is -3.49. The third-order valence-electron chi connectivity index (χ3n) is 5.67. The predicted molar refractivity (Wildman–Crippen MR) is 135 cm³/mol. The number of benzene rings is 3. The van der Waals surface area contributed by atoms with Crippen molar-refractivity contribution in [1.82, 2.24) is 0 Å². The first-order valence-electron chi connectivity index (χ1n) is 10.9. The van der Waals surface area contributed by atoms with Crippen molar-refractivity contribution >= 4 is 50.5 Å². The van der Waals surface area contributed by atoms with Crippen molar-refractivity contribution in [3.63, 3.8) is 0 Å². The monoisotopic (exact) mass is 515 g/mol. The highest BCUT2D eigenvalue weighted by molar-refractivity contribution is 7.92. The number of nitrogens with one attached hydrogen (secondary N) is 2. The average Bonchev–Trinajstić information content (AvgIpc) is 2.80. The molecule has 1 aliphatic rings. The van der Waals surface area contributed by atoms with Gasteiger partial charge >= 0.3 is 0 Å². The highest BCUT2D eigenvalue weighted by Crippen LogP contribution is 2.27. The van der Waals surface area contributed by atoms with Gasteiger partial charge in [-0.05, 0) is 73.9 Å². The molecular weight excluding hydrogens is 493 g/mol. The van der Waals surface area contributed by atoms with E-state index in [0.29, 0.717) is 34.8 Å². The van der Waals surface area contributed by atoms with Gasteiger partial charge in [0, 0.05) is 28.5 Å². The van der Waals surface area contributed by atoms with E-state index in [9.17, 15) is 22.4 Å². The molecule has 1 fully saturated rings. The Kier molecular flexibility index (Phi) is 7.09. The van der Waals surface area contributed by atoms with Gasteiger partial charge in [0.25, 0.3) is 11.8 Å². The van der Waals surface area contributed by atoms with Crippen molar-refractivity contribution in [3.05, 3.63) is 88.2 Å². The summed E-state index contributed by atoms with van der Waals surface area (Å²) in [5, 5.41) is 5.84. The topological polar surface area (TPSA) is 95.6 Å².